The maximum atomic E-state index is 6.00. The van der Waals surface area contributed by atoms with Gasteiger partial charge in [0, 0.05) is 19.7 Å². The molecule has 1 fully saturated rings. The molecule has 1 atom stereocenters. The fraction of sp³-hybridized carbons (Fsp3) is 0.370. The highest BCUT2D eigenvalue weighted by molar-refractivity contribution is 5.87. The minimum absolute atomic E-state index is 0.128. The van der Waals surface area contributed by atoms with E-state index in [2.05, 4.69) is 28.0 Å². The summed E-state index contributed by atoms with van der Waals surface area (Å²) in [6.07, 6.45) is 5.65. The molecule has 0 saturated carbocycles. The number of anilines is 1. The van der Waals surface area contributed by atoms with Crippen molar-refractivity contribution in [1.29, 1.82) is 0 Å². The predicted octanol–water partition coefficient (Wildman–Crippen LogP) is 4.34. The second kappa shape index (κ2) is 10.4. The van der Waals surface area contributed by atoms with Crippen molar-refractivity contribution < 1.29 is 18.9 Å². The first kappa shape index (κ1) is 23.9. The van der Waals surface area contributed by atoms with E-state index in [0.717, 1.165) is 53.1 Å². The lowest BCUT2D eigenvalue weighted by Crippen LogP contribution is -2.32. The molecule has 9 heteroatoms. The summed E-state index contributed by atoms with van der Waals surface area (Å²) >= 11 is 0. The highest BCUT2D eigenvalue weighted by atomic mass is 16.5. The Morgan fingerprint density at radius 3 is 2.50 bits per heavy atom. The Hall–Kier alpha value is -3.85. The number of nitrogens with zero attached hydrogens (tertiary/aromatic N) is 5. The Labute approximate surface area is 210 Å². The van der Waals surface area contributed by atoms with Crippen molar-refractivity contribution in [3.63, 3.8) is 0 Å². The molecule has 1 aliphatic heterocycles. The van der Waals surface area contributed by atoms with Crippen LogP contribution in [0, 0.1) is 6.92 Å². The molecule has 0 bridgehead atoms. The number of hydrogen-bond donors (Lipinski definition) is 0. The van der Waals surface area contributed by atoms with Crippen LogP contribution in [-0.4, -0.2) is 60.3 Å². The van der Waals surface area contributed by atoms with Crippen molar-refractivity contribution in [3.8, 4) is 22.9 Å². The molecule has 0 amide bonds. The summed E-state index contributed by atoms with van der Waals surface area (Å²) in [6, 6.07) is 12.1. The van der Waals surface area contributed by atoms with Gasteiger partial charge in [-0.2, -0.15) is 5.10 Å². The van der Waals surface area contributed by atoms with Gasteiger partial charge in [-0.05, 0) is 49.1 Å². The van der Waals surface area contributed by atoms with Crippen LogP contribution in [0.15, 0.2) is 48.9 Å². The average molecular weight is 490 g/mol. The molecule has 0 radical (unpaired) electrons. The highest BCUT2D eigenvalue weighted by Gasteiger charge is 2.24. The normalized spacial score (nSPS) is 15.3. The van der Waals surface area contributed by atoms with E-state index in [1.54, 1.807) is 27.7 Å². The first-order chi connectivity index (χ1) is 17.6. The van der Waals surface area contributed by atoms with Crippen molar-refractivity contribution in [2.75, 3.05) is 39.4 Å². The second-order valence-corrected chi connectivity index (χ2v) is 8.83. The lowest BCUT2D eigenvalue weighted by Gasteiger charge is -2.27. The molecular weight excluding hydrogens is 458 g/mol. The molecule has 36 heavy (non-hydrogen) atoms. The Morgan fingerprint density at radius 2 is 1.83 bits per heavy atom. The van der Waals surface area contributed by atoms with Crippen LogP contribution in [0.5, 0.6) is 17.2 Å². The number of methoxy groups -OCH3 is 3. The van der Waals surface area contributed by atoms with E-state index in [1.807, 2.05) is 41.2 Å². The van der Waals surface area contributed by atoms with Crippen LogP contribution in [0.2, 0.25) is 0 Å². The van der Waals surface area contributed by atoms with Gasteiger partial charge in [-0.3, -0.25) is 0 Å². The summed E-state index contributed by atoms with van der Waals surface area (Å²) in [4.78, 5) is 11.5. The van der Waals surface area contributed by atoms with Gasteiger partial charge >= 0.3 is 0 Å². The summed E-state index contributed by atoms with van der Waals surface area (Å²) < 4.78 is 24.6. The number of para-hydroxylation sites is 1. The zero-order chi connectivity index (χ0) is 25.1. The van der Waals surface area contributed by atoms with Gasteiger partial charge in [0.2, 0.25) is 5.75 Å². The molecule has 4 aromatic rings. The molecule has 0 aliphatic carbocycles. The van der Waals surface area contributed by atoms with E-state index in [9.17, 15) is 0 Å². The Morgan fingerprint density at radius 1 is 1.06 bits per heavy atom. The van der Waals surface area contributed by atoms with E-state index in [0.29, 0.717) is 30.3 Å². The number of rotatable bonds is 9. The zero-order valence-electron chi connectivity index (χ0n) is 21.1. The van der Waals surface area contributed by atoms with Crippen LogP contribution in [0.25, 0.3) is 16.7 Å². The molecule has 2 aromatic heterocycles. The summed E-state index contributed by atoms with van der Waals surface area (Å²) in [5.74, 6) is 2.61. The van der Waals surface area contributed by atoms with Gasteiger partial charge in [0.15, 0.2) is 17.1 Å². The molecule has 5 rings (SSSR count). The lowest BCUT2D eigenvalue weighted by atomic mass is 10.1. The minimum Gasteiger partial charge on any atom is -0.493 e. The van der Waals surface area contributed by atoms with Crippen LogP contribution in [0.3, 0.4) is 0 Å². The number of aryl methyl sites for hydroxylation is 1. The summed E-state index contributed by atoms with van der Waals surface area (Å²) in [5.41, 5.74) is 3.88. The van der Waals surface area contributed by atoms with Gasteiger partial charge < -0.3 is 23.8 Å². The van der Waals surface area contributed by atoms with Gasteiger partial charge in [0.1, 0.15) is 12.1 Å². The Bertz CT molecular complexity index is 1320. The summed E-state index contributed by atoms with van der Waals surface area (Å²) in [6.45, 7) is 4.11. The maximum absolute atomic E-state index is 6.00. The van der Waals surface area contributed by atoms with Crippen molar-refractivity contribution >= 4 is 16.9 Å². The van der Waals surface area contributed by atoms with Crippen LogP contribution >= 0.6 is 0 Å². The third-order valence-corrected chi connectivity index (χ3v) is 6.53. The summed E-state index contributed by atoms with van der Waals surface area (Å²) in [5, 5.41) is 5.57. The molecular formula is C27H31N5O4. The topological polar surface area (TPSA) is 83.8 Å². The van der Waals surface area contributed by atoms with Gasteiger partial charge in [-0.15, -0.1) is 0 Å². The third-order valence-electron chi connectivity index (χ3n) is 6.53. The molecule has 2 aromatic carbocycles. The zero-order valence-corrected chi connectivity index (χ0v) is 21.1. The minimum atomic E-state index is 0.128. The van der Waals surface area contributed by atoms with Gasteiger partial charge in [-0.25, -0.2) is 14.6 Å². The molecule has 1 saturated heterocycles. The van der Waals surface area contributed by atoms with E-state index < -0.39 is 0 Å². The van der Waals surface area contributed by atoms with Crippen molar-refractivity contribution in [1.82, 2.24) is 19.7 Å². The largest absolute Gasteiger partial charge is 0.493 e. The van der Waals surface area contributed by atoms with E-state index in [4.69, 9.17) is 23.9 Å². The Kier molecular flexibility index (Phi) is 6.90. The van der Waals surface area contributed by atoms with Crippen LogP contribution < -0.4 is 19.1 Å². The van der Waals surface area contributed by atoms with Gasteiger partial charge in [-0.1, -0.05) is 18.2 Å². The molecule has 9 nitrogen and oxygen atoms in total. The Balaban J connectivity index is 1.57. The number of aromatic nitrogens is 4. The molecule has 1 unspecified atom stereocenters. The molecule has 188 valence electrons. The second-order valence-electron chi connectivity index (χ2n) is 8.83. The summed E-state index contributed by atoms with van der Waals surface area (Å²) in [7, 11) is 4.85. The SMILES string of the molecule is COc1cc(CN(CC2CCCO2)c2ncnc3c2cnn3-c2ccccc2C)cc(OC)c1OC. The van der Waals surface area contributed by atoms with E-state index in [-0.39, 0.29) is 6.10 Å². The standard InChI is InChI=1S/C27H31N5O4/c1-18-8-5-6-10-22(18)32-27-21(14-30-32)26(28-17-29-27)31(16-20-9-7-11-36-20)15-19-12-23(33-2)25(35-4)24(13-19)34-3/h5-6,8,10,12-14,17,20H,7,9,11,15-16H2,1-4H3. The highest BCUT2D eigenvalue weighted by Crippen LogP contribution is 2.39. The van der Waals surface area contributed by atoms with Crippen molar-refractivity contribution in [3.05, 3.63) is 60.0 Å². The van der Waals surface area contributed by atoms with Crippen LogP contribution in [0.4, 0.5) is 5.82 Å². The third kappa shape index (κ3) is 4.54. The number of hydrogen-bond acceptors (Lipinski definition) is 8. The van der Waals surface area contributed by atoms with E-state index >= 15 is 0 Å². The molecule has 0 N–H and O–H groups in total. The van der Waals surface area contributed by atoms with E-state index in [1.165, 1.54) is 0 Å². The quantitative estimate of drug-likeness (QED) is 0.343. The van der Waals surface area contributed by atoms with Crippen LogP contribution in [0.1, 0.15) is 24.0 Å². The first-order valence-corrected chi connectivity index (χ1v) is 12.0. The molecule has 3 heterocycles. The fourth-order valence-corrected chi connectivity index (χ4v) is 4.77. The fourth-order valence-electron chi connectivity index (χ4n) is 4.77. The number of benzene rings is 2. The lowest BCUT2D eigenvalue weighted by molar-refractivity contribution is 0.115. The van der Waals surface area contributed by atoms with Gasteiger partial charge in [0.25, 0.3) is 0 Å². The monoisotopic (exact) mass is 489 g/mol. The van der Waals surface area contributed by atoms with Gasteiger partial charge in [0.05, 0.1) is 44.7 Å². The molecule has 1 aliphatic rings. The predicted molar refractivity (Wildman–Crippen MR) is 138 cm³/mol. The van der Waals surface area contributed by atoms with Crippen molar-refractivity contribution in [2.24, 2.45) is 0 Å². The average Bonchev–Trinajstić information content (AvgIpc) is 3.58. The smallest absolute Gasteiger partial charge is 0.203 e. The number of fused-ring (bicyclic) bond motifs is 1. The van der Waals surface area contributed by atoms with Crippen molar-refractivity contribution in [2.45, 2.75) is 32.4 Å². The number of ether oxygens (including phenoxy) is 4. The van der Waals surface area contributed by atoms with Crippen LogP contribution in [-0.2, 0) is 11.3 Å². The maximum Gasteiger partial charge on any atom is 0.203 e. The first-order valence-electron chi connectivity index (χ1n) is 12.0. The molecule has 0 spiro atoms.